The molecule has 50 valence electrons. The van der Waals surface area contributed by atoms with Gasteiger partial charge in [0.1, 0.15) is 0 Å². The van der Waals surface area contributed by atoms with Crippen molar-refractivity contribution in [3.8, 4) is 0 Å². The molecule has 1 aliphatic heterocycles. The molecular weight excluding hydrogens is 116 g/mol. The largest absolute Gasteiger partial charge is 0.465 e. The maximum atomic E-state index is 10.6. The molecule has 0 N–H and O–H groups in total. The number of hydrogen-bond acceptors (Lipinski definition) is 2. The molecule has 0 radical (unpaired) electrons. The second-order valence-electron chi connectivity index (χ2n) is 3.16. The van der Waals surface area contributed by atoms with E-state index in [4.69, 9.17) is 4.74 Å². The van der Waals surface area contributed by atoms with Gasteiger partial charge in [-0.25, -0.2) is 0 Å². The van der Waals surface area contributed by atoms with Crippen LogP contribution in [0.2, 0.25) is 0 Å². The Hall–Kier alpha value is -0.530. The first-order chi connectivity index (χ1) is 4.31. The van der Waals surface area contributed by atoms with Gasteiger partial charge in [0.05, 0.1) is 6.61 Å². The van der Waals surface area contributed by atoms with E-state index >= 15 is 0 Å². The molecule has 1 aliphatic carbocycles. The van der Waals surface area contributed by atoms with Crippen molar-refractivity contribution < 1.29 is 9.53 Å². The lowest BCUT2D eigenvalue weighted by molar-refractivity contribution is -0.150. The molecule has 2 aliphatic rings. The van der Waals surface area contributed by atoms with Gasteiger partial charge in [-0.1, -0.05) is 0 Å². The summed E-state index contributed by atoms with van der Waals surface area (Å²) in [5, 5.41) is 0. The molecule has 0 bridgehead atoms. The van der Waals surface area contributed by atoms with Crippen LogP contribution in [-0.2, 0) is 9.53 Å². The van der Waals surface area contributed by atoms with E-state index in [1.165, 1.54) is 12.8 Å². The lowest BCUT2D eigenvalue weighted by atomic mass is 9.99. The smallest absolute Gasteiger partial charge is 0.305 e. The highest BCUT2D eigenvalue weighted by molar-refractivity contribution is 5.70. The summed E-state index contributed by atoms with van der Waals surface area (Å²) in [7, 11) is 0. The third kappa shape index (κ3) is 0.824. The summed E-state index contributed by atoms with van der Waals surface area (Å²) in [6, 6.07) is 0. The van der Waals surface area contributed by atoms with Gasteiger partial charge in [0.25, 0.3) is 0 Å². The van der Waals surface area contributed by atoms with E-state index in [1.807, 2.05) is 0 Å². The number of carbonyl (C=O) groups is 1. The molecule has 0 aromatic heterocycles. The summed E-state index contributed by atoms with van der Waals surface area (Å²) in [4.78, 5) is 10.6. The first-order valence-electron chi connectivity index (χ1n) is 3.46. The van der Waals surface area contributed by atoms with Crippen molar-refractivity contribution in [2.24, 2.45) is 5.41 Å². The lowest BCUT2D eigenvalue weighted by Gasteiger charge is -2.19. The second kappa shape index (κ2) is 1.49. The summed E-state index contributed by atoms with van der Waals surface area (Å²) >= 11 is 0. The van der Waals surface area contributed by atoms with Crippen LogP contribution in [0.4, 0.5) is 0 Å². The van der Waals surface area contributed by atoms with Crippen LogP contribution in [0.15, 0.2) is 0 Å². The van der Waals surface area contributed by atoms with Crippen molar-refractivity contribution in [1.82, 2.24) is 0 Å². The van der Waals surface area contributed by atoms with Crippen LogP contribution in [-0.4, -0.2) is 12.6 Å². The zero-order chi connectivity index (χ0) is 6.32. The second-order valence-corrected chi connectivity index (χ2v) is 3.16. The Bertz CT molecular complexity index is 135. The van der Waals surface area contributed by atoms with Gasteiger partial charge in [0.2, 0.25) is 0 Å². The Morgan fingerprint density at radius 3 is 2.56 bits per heavy atom. The SMILES string of the molecule is O=C1CCC2(CC2)CO1. The number of rotatable bonds is 0. The van der Waals surface area contributed by atoms with Crippen LogP contribution in [0.25, 0.3) is 0 Å². The van der Waals surface area contributed by atoms with Crippen LogP contribution in [0.1, 0.15) is 25.7 Å². The minimum atomic E-state index is -0.00692. The molecule has 2 fully saturated rings. The van der Waals surface area contributed by atoms with Gasteiger partial charge in [-0.15, -0.1) is 0 Å². The molecule has 2 rings (SSSR count). The Labute approximate surface area is 54.2 Å². The molecule has 0 aromatic carbocycles. The van der Waals surface area contributed by atoms with E-state index in [0.717, 1.165) is 6.42 Å². The Kier molecular flexibility index (Phi) is 0.875. The molecular formula is C7H10O2. The minimum absolute atomic E-state index is 0.00692. The van der Waals surface area contributed by atoms with Gasteiger partial charge < -0.3 is 4.74 Å². The number of cyclic esters (lactones) is 1. The quantitative estimate of drug-likeness (QED) is 0.454. The van der Waals surface area contributed by atoms with Gasteiger partial charge in [-0.05, 0) is 19.3 Å². The fourth-order valence-electron chi connectivity index (χ4n) is 1.32. The molecule has 9 heavy (non-hydrogen) atoms. The average molecular weight is 126 g/mol. The number of esters is 1. The molecule has 0 atom stereocenters. The van der Waals surface area contributed by atoms with E-state index in [2.05, 4.69) is 0 Å². The van der Waals surface area contributed by atoms with Crippen molar-refractivity contribution in [3.05, 3.63) is 0 Å². The van der Waals surface area contributed by atoms with Gasteiger partial charge in [0, 0.05) is 11.8 Å². The average Bonchev–Trinajstić information content (AvgIpc) is 2.60. The topological polar surface area (TPSA) is 26.3 Å². The van der Waals surface area contributed by atoms with Crippen molar-refractivity contribution in [3.63, 3.8) is 0 Å². The first kappa shape index (κ1) is 5.27. The van der Waals surface area contributed by atoms with Crippen molar-refractivity contribution >= 4 is 5.97 Å². The summed E-state index contributed by atoms with van der Waals surface area (Å²) < 4.78 is 4.92. The molecule has 0 unspecified atom stereocenters. The number of hydrogen-bond donors (Lipinski definition) is 0. The zero-order valence-corrected chi connectivity index (χ0v) is 5.35. The molecule has 2 nitrogen and oxygen atoms in total. The zero-order valence-electron chi connectivity index (χ0n) is 5.35. The third-order valence-corrected chi connectivity index (χ3v) is 2.36. The van der Waals surface area contributed by atoms with Crippen molar-refractivity contribution in [2.45, 2.75) is 25.7 Å². The minimum Gasteiger partial charge on any atom is -0.465 e. The molecule has 1 spiro atoms. The fraction of sp³-hybridized carbons (Fsp3) is 0.857. The highest BCUT2D eigenvalue weighted by Crippen LogP contribution is 2.51. The Morgan fingerprint density at radius 2 is 2.11 bits per heavy atom. The Balaban J connectivity index is 1.98. The summed E-state index contributed by atoms with van der Waals surface area (Å²) in [5.41, 5.74) is 0.466. The van der Waals surface area contributed by atoms with E-state index in [9.17, 15) is 4.79 Å². The maximum absolute atomic E-state index is 10.6. The normalized spacial score (nSPS) is 30.0. The standard InChI is InChI=1S/C7H10O2/c8-6-1-2-7(3-4-7)5-9-6/h1-5H2. The molecule has 2 heteroatoms. The van der Waals surface area contributed by atoms with Crippen LogP contribution >= 0.6 is 0 Å². The van der Waals surface area contributed by atoms with Crippen LogP contribution < -0.4 is 0 Å². The summed E-state index contributed by atoms with van der Waals surface area (Å²) in [6.45, 7) is 0.700. The van der Waals surface area contributed by atoms with E-state index in [1.54, 1.807) is 0 Å². The van der Waals surface area contributed by atoms with E-state index in [0.29, 0.717) is 18.4 Å². The molecule has 0 amide bonds. The Morgan fingerprint density at radius 1 is 1.33 bits per heavy atom. The fourth-order valence-corrected chi connectivity index (χ4v) is 1.32. The summed E-state index contributed by atoms with van der Waals surface area (Å²) in [6.07, 6.45) is 4.28. The monoisotopic (exact) mass is 126 g/mol. The molecule has 1 saturated heterocycles. The third-order valence-electron chi connectivity index (χ3n) is 2.36. The number of carbonyl (C=O) groups excluding carboxylic acids is 1. The molecule has 0 aromatic rings. The highest BCUT2D eigenvalue weighted by Gasteiger charge is 2.46. The van der Waals surface area contributed by atoms with Crippen LogP contribution in [0.3, 0.4) is 0 Å². The lowest BCUT2D eigenvalue weighted by Crippen LogP contribution is -2.22. The van der Waals surface area contributed by atoms with Gasteiger partial charge in [-0.2, -0.15) is 0 Å². The van der Waals surface area contributed by atoms with E-state index < -0.39 is 0 Å². The van der Waals surface area contributed by atoms with E-state index in [-0.39, 0.29) is 5.97 Å². The van der Waals surface area contributed by atoms with Crippen molar-refractivity contribution in [1.29, 1.82) is 0 Å². The van der Waals surface area contributed by atoms with Gasteiger partial charge in [-0.3, -0.25) is 4.79 Å². The highest BCUT2D eigenvalue weighted by atomic mass is 16.5. The molecule has 1 saturated carbocycles. The molecule has 1 heterocycles. The number of ether oxygens (including phenoxy) is 1. The predicted octanol–water partition coefficient (Wildman–Crippen LogP) is 1.10. The first-order valence-corrected chi connectivity index (χ1v) is 3.46. The van der Waals surface area contributed by atoms with Gasteiger partial charge in [0.15, 0.2) is 0 Å². The predicted molar refractivity (Wildman–Crippen MR) is 31.9 cm³/mol. The van der Waals surface area contributed by atoms with Gasteiger partial charge >= 0.3 is 5.97 Å². The van der Waals surface area contributed by atoms with Crippen LogP contribution in [0.5, 0.6) is 0 Å². The maximum Gasteiger partial charge on any atom is 0.305 e. The van der Waals surface area contributed by atoms with Crippen molar-refractivity contribution in [2.75, 3.05) is 6.61 Å². The summed E-state index contributed by atoms with van der Waals surface area (Å²) in [5.74, 6) is -0.00692. The van der Waals surface area contributed by atoms with Crippen LogP contribution in [0, 0.1) is 5.41 Å².